The fourth-order valence-corrected chi connectivity index (χ4v) is 4.70. The van der Waals surface area contributed by atoms with E-state index in [1.165, 1.54) is 28.9 Å². The van der Waals surface area contributed by atoms with Gasteiger partial charge in [0.1, 0.15) is 11.9 Å². The summed E-state index contributed by atoms with van der Waals surface area (Å²) in [4.78, 5) is 1.31. The summed E-state index contributed by atoms with van der Waals surface area (Å²) in [5.74, 6) is 0.867. The lowest BCUT2D eigenvalue weighted by atomic mass is 9.85. The van der Waals surface area contributed by atoms with Gasteiger partial charge in [-0.05, 0) is 66.6 Å². The number of benzene rings is 2. The first kappa shape index (κ1) is 15.8. The quantitative estimate of drug-likeness (QED) is 0.802. The average molecular weight is 338 g/mol. The van der Waals surface area contributed by atoms with E-state index in [0.29, 0.717) is 0 Å². The van der Waals surface area contributed by atoms with Crippen LogP contribution in [0, 0.1) is 0 Å². The molecule has 2 aliphatic rings. The number of aliphatic hydroxyl groups excluding tert-OH is 1. The van der Waals surface area contributed by atoms with E-state index in [-0.39, 0.29) is 4.75 Å². The van der Waals surface area contributed by atoms with E-state index < -0.39 is 6.10 Å². The van der Waals surface area contributed by atoms with Crippen molar-refractivity contribution in [2.45, 2.75) is 41.4 Å². The second-order valence-electron chi connectivity index (χ2n) is 6.67. The highest BCUT2D eigenvalue weighted by Gasteiger charge is 2.42. The maximum Gasteiger partial charge on any atom is 0.119 e. The first-order valence-corrected chi connectivity index (χ1v) is 9.31. The smallest absolute Gasteiger partial charge is 0.119 e. The van der Waals surface area contributed by atoms with Crippen molar-refractivity contribution >= 4 is 11.8 Å². The van der Waals surface area contributed by atoms with Crippen molar-refractivity contribution in [1.82, 2.24) is 0 Å². The molecule has 0 aliphatic heterocycles. The number of thioether (sulfide) groups is 1. The van der Waals surface area contributed by atoms with Gasteiger partial charge in [0.25, 0.3) is 0 Å². The Bertz CT molecular complexity index is 763. The lowest BCUT2D eigenvalue weighted by Gasteiger charge is -2.26. The maximum atomic E-state index is 10.8. The Morgan fingerprint density at radius 2 is 1.92 bits per heavy atom. The van der Waals surface area contributed by atoms with Crippen LogP contribution in [0.5, 0.6) is 5.75 Å². The van der Waals surface area contributed by atoms with Crippen molar-refractivity contribution in [2.24, 2.45) is 0 Å². The van der Waals surface area contributed by atoms with Gasteiger partial charge in [-0.2, -0.15) is 0 Å². The molecule has 0 bridgehead atoms. The van der Waals surface area contributed by atoms with Gasteiger partial charge in [0.15, 0.2) is 0 Å². The van der Waals surface area contributed by atoms with Gasteiger partial charge in [0.2, 0.25) is 0 Å². The van der Waals surface area contributed by atoms with Crippen LogP contribution in [0.15, 0.2) is 65.1 Å². The second kappa shape index (κ2) is 6.30. The zero-order chi connectivity index (χ0) is 16.6. The van der Waals surface area contributed by atoms with Crippen molar-refractivity contribution in [2.75, 3.05) is 7.11 Å². The van der Waals surface area contributed by atoms with Gasteiger partial charge >= 0.3 is 0 Å². The Balaban J connectivity index is 1.57. The lowest BCUT2D eigenvalue weighted by molar-refractivity contribution is 0.204. The average Bonchev–Trinajstić information content (AvgIpc) is 3.37. The molecular weight excluding hydrogens is 316 g/mol. The molecule has 1 fully saturated rings. The van der Waals surface area contributed by atoms with Crippen LogP contribution < -0.4 is 4.74 Å². The lowest BCUT2D eigenvalue weighted by Crippen LogP contribution is -2.14. The Morgan fingerprint density at radius 3 is 2.62 bits per heavy atom. The summed E-state index contributed by atoms with van der Waals surface area (Å²) in [6, 6.07) is 16.6. The maximum absolute atomic E-state index is 10.8. The molecule has 0 heterocycles. The molecule has 0 spiro atoms. The van der Waals surface area contributed by atoms with E-state index in [0.717, 1.165) is 24.2 Å². The molecule has 1 atom stereocenters. The predicted molar refractivity (Wildman–Crippen MR) is 98.6 cm³/mol. The Morgan fingerprint density at radius 1 is 1.12 bits per heavy atom. The van der Waals surface area contributed by atoms with E-state index in [1.807, 2.05) is 23.9 Å². The SMILES string of the molecule is COc1ccc2c(c1)CC/C(=C/C1(Sc3ccccc3)CC1)[C@H]2O. The van der Waals surface area contributed by atoms with E-state index in [9.17, 15) is 5.11 Å². The molecule has 24 heavy (non-hydrogen) atoms. The minimum atomic E-state index is -0.478. The monoisotopic (exact) mass is 338 g/mol. The molecule has 1 N–H and O–H groups in total. The van der Waals surface area contributed by atoms with Gasteiger partial charge in [0.05, 0.1) is 7.11 Å². The minimum absolute atomic E-state index is 0.182. The molecular formula is C21H22O2S. The Hall–Kier alpha value is -1.71. The summed E-state index contributed by atoms with van der Waals surface area (Å²) < 4.78 is 5.48. The van der Waals surface area contributed by atoms with Crippen LogP contribution in [0.4, 0.5) is 0 Å². The molecule has 0 unspecified atom stereocenters. The minimum Gasteiger partial charge on any atom is -0.497 e. The molecule has 2 aliphatic carbocycles. The number of rotatable bonds is 4. The standard InChI is InChI=1S/C21H22O2S/c1-23-17-9-10-19-15(13-17)7-8-16(20(19)22)14-21(11-12-21)24-18-5-3-2-4-6-18/h2-6,9-10,13-14,20,22H,7-8,11-12H2,1H3/b16-14-/t20-/m1/s1. The summed E-state index contributed by atoms with van der Waals surface area (Å²) in [5.41, 5.74) is 3.42. The van der Waals surface area contributed by atoms with Gasteiger partial charge in [-0.25, -0.2) is 0 Å². The third kappa shape index (κ3) is 3.11. The molecule has 0 radical (unpaired) electrons. The van der Waals surface area contributed by atoms with E-state index >= 15 is 0 Å². The second-order valence-corrected chi connectivity index (χ2v) is 8.16. The van der Waals surface area contributed by atoms with Crippen molar-refractivity contribution in [1.29, 1.82) is 0 Å². The van der Waals surface area contributed by atoms with Crippen LogP contribution in [0.25, 0.3) is 0 Å². The molecule has 0 amide bonds. The molecule has 0 saturated heterocycles. The molecule has 0 aromatic heterocycles. The van der Waals surface area contributed by atoms with Crippen LogP contribution in [-0.4, -0.2) is 17.0 Å². The number of methoxy groups -OCH3 is 1. The van der Waals surface area contributed by atoms with Crippen molar-refractivity contribution < 1.29 is 9.84 Å². The van der Waals surface area contributed by atoms with Crippen LogP contribution in [0.3, 0.4) is 0 Å². The van der Waals surface area contributed by atoms with Gasteiger partial charge in [-0.15, -0.1) is 11.8 Å². The Kier molecular flexibility index (Phi) is 4.15. The van der Waals surface area contributed by atoms with Crippen LogP contribution in [0.2, 0.25) is 0 Å². The van der Waals surface area contributed by atoms with E-state index in [2.05, 4.69) is 42.5 Å². The van der Waals surface area contributed by atoms with Gasteiger partial charge in [-0.1, -0.05) is 30.3 Å². The van der Waals surface area contributed by atoms with Crippen LogP contribution in [0.1, 0.15) is 36.5 Å². The number of ether oxygens (including phenoxy) is 1. The number of hydrogen-bond acceptors (Lipinski definition) is 3. The van der Waals surface area contributed by atoms with Gasteiger partial charge in [-0.3, -0.25) is 0 Å². The highest BCUT2D eigenvalue weighted by atomic mass is 32.2. The summed E-state index contributed by atoms with van der Waals surface area (Å²) >= 11 is 1.93. The summed E-state index contributed by atoms with van der Waals surface area (Å²) in [5, 5.41) is 10.8. The van der Waals surface area contributed by atoms with E-state index in [4.69, 9.17) is 4.74 Å². The largest absolute Gasteiger partial charge is 0.497 e. The molecule has 2 nitrogen and oxygen atoms in total. The first-order chi connectivity index (χ1) is 11.7. The van der Waals surface area contributed by atoms with Crippen LogP contribution in [-0.2, 0) is 6.42 Å². The number of hydrogen-bond donors (Lipinski definition) is 1. The Labute approximate surface area is 147 Å². The molecule has 124 valence electrons. The predicted octanol–water partition coefficient (Wildman–Crippen LogP) is 4.93. The molecule has 3 heteroatoms. The fourth-order valence-electron chi connectivity index (χ4n) is 3.42. The fraction of sp³-hybridized carbons (Fsp3) is 0.333. The van der Waals surface area contributed by atoms with Gasteiger partial charge < -0.3 is 9.84 Å². The highest BCUT2D eigenvalue weighted by Crippen LogP contribution is 2.54. The van der Waals surface area contributed by atoms with Crippen LogP contribution >= 0.6 is 11.8 Å². The summed E-state index contributed by atoms with van der Waals surface area (Å²) in [6.45, 7) is 0. The van der Waals surface area contributed by atoms with Crippen molar-refractivity contribution in [3.05, 3.63) is 71.3 Å². The zero-order valence-electron chi connectivity index (χ0n) is 13.9. The van der Waals surface area contributed by atoms with Gasteiger partial charge in [0, 0.05) is 9.64 Å². The number of aryl methyl sites for hydroxylation is 1. The third-order valence-corrected chi connectivity index (χ3v) is 6.38. The summed E-state index contributed by atoms with van der Waals surface area (Å²) in [6.07, 6.45) is 6.16. The number of fused-ring (bicyclic) bond motifs is 1. The molecule has 2 aromatic rings. The molecule has 4 rings (SSSR count). The molecule has 1 saturated carbocycles. The van der Waals surface area contributed by atoms with Crippen molar-refractivity contribution in [3.63, 3.8) is 0 Å². The highest BCUT2D eigenvalue weighted by molar-refractivity contribution is 8.01. The van der Waals surface area contributed by atoms with Crippen molar-refractivity contribution in [3.8, 4) is 5.75 Å². The zero-order valence-corrected chi connectivity index (χ0v) is 14.7. The number of aliphatic hydroxyl groups is 1. The summed E-state index contributed by atoms with van der Waals surface area (Å²) in [7, 11) is 1.68. The normalized spacial score (nSPS) is 22.9. The van der Waals surface area contributed by atoms with E-state index in [1.54, 1.807) is 7.11 Å². The third-order valence-electron chi connectivity index (χ3n) is 4.93. The first-order valence-electron chi connectivity index (χ1n) is 8.50. The topological polar surface area (TPSA) is 29.5 Å². The molecule has 2 aromatic carbocycles.